The Kier molecular flexibility index (Phi) is 8.06. The molecule has 3 heterocycles. The van der Waals surface area contributed by atoms with Gasteiger partial charge in [0.05, 0.1) is 12.1 Å². The molecular weight excluding hydrogens is 476 g/mol. The Morgan fingerprint density at radius 3 is 2.19 bits per heavy atom. The highest BCUT2D eigenvalue weighted by molar-refractivity contribution is 5.83. The van der Waals surface area contributed by atoms with Crippen LogP contribution in [0.5, 0.6) is 0 Å². The van der Waals surface area contributed by atoms with E-state index in [1.807, 2.05) is 24.4 Å². The van der Waals surface area contributed by atoms with E-state index in [1.54, 1.807) is 0 Å². The molecule has 0 aliphatic carbocycles. The molecule has 9 nitrogen and oxygen atoms in total. The molecule has 4 unspecified atom stereocenters. The van der Waals surface area contributed by atoms with Crippen molar-refractivity contribution in [2.45, 2.75) is 62.3 Å². The summed E-state index contributed by atoms with van der Waals surface area (Å²) >= 11 is 0. The van der Waals surface area contributed by atoms with Gasteiger partial charge in [-0.2, -0.15) is 0 Å². The van der Waals surface area contributed by atoms with Crippen LogP contribution in [0.15, 0.2) is 65.2 Å². The monoisotopic (exact) mass is 508 g/mol. The second kappa shape index (κ2) is 11.2. The van der Waals surface area contributed by atoms with E-state index in [9.17, 15) is 9.59 Å². The van der Waals surface area contributed by atoms with Gasteiger partial charge in [0.25, 0.3) is 0 Å². The summed E-state index contributed by atoms with van der Waals surface area (Å²) in [5.41, 5.74) is 3.83. The zero-order chi connectivity index (χ0) is 26.7. The molecule has 196 valence electrons. The Bertz CT molecular complexity index is 1190. The van der Waals surface area contributed by atoms with Gasteiger partial charge < -0.3 is 24.8 Å². The van der Waals surface area contributed by atoms with Crippen molar-refractivity contribution in [1.29, 1.82) is 0 Å². The van der Waals surface area contributed by atoms with Gasteiger partial charge >= 0.3 is 11.9 Å². The Balaban J connectivity index is 0.000000275. The van der Waals surface area contributed by atoms with Crippen molar-refractivity contribution < 1.29 is 34.4 Å². The van der Waals surface area contributed by atoms with Crippen molar-refractivity contribution in [1.82, 2.24) is 9.88 Å². The molecule has 2 aliphatic heterocycles. The van der Waals surface area contributed by atoms with Gasteiger partial charge in [0, 0.05) is 17.6 Å². The number of aliphatic carboxylic acids is 2. The number of carbonyl (C=O) groups is 2. The number of aliphatic hydroxyl groups excluding tert-OH is 2. The van der Waals surface area contributed by atoms with Gasteiger partial charge in [-0.15, -0.1) is 0 Å². The molecular formula is C28H32N2O7. The topological polar surface area (TPSA) is 144 Å². The van der Waals surface area contributed by atoms with E-state index < -0.39 is 24.1 Å². The van der Waals surface area contributed by atoms with Gasteiger partial charge in [-0.05, 0) is 44.7 Å². The van der Waals surface area contributed by atoms with Gasteiger partial charge in [-0.1, -0.05) is 60.2 Å². The number of carboxylic acid groups (broad SMARTS) is 2. The summed E-state index contributed by atoms with van der Waals surface area (Å²) in [6.07, 6.45) is 1.07. The number of rotatable bonds is 6. The lowest BCUT2D eigenvalue weighted by atomic mass is 9.76. The summed E-state index contributed by atoms with van der Waals surface area (Å²) in [5.74, 6) is -0.979. The maximum atomic E-state index is 9.77. The highest BCUT2D eigenvalue weighted by atomic mass is 16.4. The number of oxazole rings is 1. The Morgan fingerprint density at radius 2 is 1.59 bits per heavy atom. The van der Waals surface area contributed by atoms with Crippen molar-refractivity contribution in [2.75, 3.05) is 7.05 Å². The predicted octanol–water partition coefficient (Wildman–Crippen LogP) is 3.26. The van der Waals surface area contributed by atoms with Crippen LogP contribution in [0.1, 0.15) is 48.1 Å². The molecule has 0 spiro atoms. The SMILES string of the molecule is Cc1ccc([C@H]2CC3CCC([C@H]2c2ncc(-c4ccccc4)o2)N3C)cc1.O=C(O)C(O)C(O)C(=O)O. The standard InChI is InChI=1S/C24H26N2O.C4H6O6/c1-16-8-10-17(11-9-16)20-14-19-12-13-21(26(19)2)23(20)24-25-15-22(27-24)18-6-4-3-5-7-18;5-1(3(7)8)2(6)4(9)10/h3-11,15,19-21,23H,12-14H2,1-2H3;1-2,5-6H,(H,7,8)(H,9,10)/t19?,20-,21?,23+;/m1./s1. The maximum absolute atomic E-state index is 9.77. The minimum atomic E-state index is -2.27. The highest BCUT2D eigenvalue weighted by Crippen LogP contribution is 2.50. The fourth-order valence-electron chi connectivity index (χ4n) is 5.41. The molecule has 2 aromatic carbocycles. The summed E-state index contributed by atoms with van der Waals surface area (Å²) in [7, 11) is 2.28. The number of hydrogen-bond donors (Lipinski definition) is 4. The summed E-state index contributed by atoms with van der Waals surface area (Å²) in [6.45, 7) is 2.15. The van der Waals surface area contributed by atoms with Crippen LogP contribution in [0.4, 0.5) is 0 Å². The van der Waals surface area contributed by atoms with Gasteiger partial charge in [0.15, 0.2) is 23.9 Å². The zero-order valence-electron chi connectivity index (χ0n) is 20.8. The number of aromatic nitrogens is 1. The lowest BCUT2D eigenvalue weighted by Crippen LogP contribution is -2.44. The van der Waals surface area contributed by atoms with Crippen LogP contribution >= 0.6 is 0 Å². The highest BCUT2D eigenvalue weighted by Gasteiger charge is 2.48. The molecule has 5 rings (SSSR count). The molecule has 4 N–H and O–H groups in total. The molecule has 37 heavy (non-hydrogen) atoms. The maximum Gasteiger partial charge on any atom is 0.335 e. The molecule has 6 atom stereocenters. The largest absolute Gasteiger partial charge is 0.479 e. The summed E-state index contributed by atoms with van der Waals surface area (Å²) in [6, 6.07) is 20.6. The van der Waals surface area contributed by atoms with Crippen LogP contribution in [0.2, 0.25) is 0 Å². The van der Waals surface area contributed by atoms with E-state index in [0.717, 1.165) is 17.2 Å². The van der Waals surface area contributed by atoms with E-state index in [4.69, 9.17) is 29.8 Å². The van der Waals surface area contributed by atoms with Crippen LogP contribution in [0.25, 0.3) is 11.3 Å². The number of fused-ring (bicyclic) bond motifs is 2. The number of piperidine rings is 1. The molecule has 0 amide bonds. The second-order valence-corrected chi connectivity index (χ2v) is 9.74. The lowest BCUT2D eigenvalue weighted by Gasteiger charge is -2.42. The average Bonchev–Trinajstić information content (AvgIpc) is 3.46. The fourth-order valence-corrected chi connectivity index (χ4v) is 5.41. The molecule has 2 aliphatic rings. The first-order chi connectivity index (χ1) is 17.7. The lowest BCUT2D eigenvalue weighted by molar-refractivity contribution is -0.165. The third-order valence-corrected chi connectivity index (χ3v) is 7.45. The third-order valence-electron chi connectivity index (χ3n) is 7.45. The predicted molar refractivity (Wildman–Crippen MR) is 135 cm³/mol. The first-order valence-corrected chi connectivity index (χ1v) is 12.3. The third kappa shape index (κ3) is 5.74. The van der Waals surface area contributed by atoms with Crippen molar-refractivity contribution >= 4 is 11.9 Å². The number of aliphatic hydroxyl groups is 2. The van der Waals surface area contributed by atoms with Crippen molar-refractivity contribution in [3.05, 3.63) is 77.8 Å². The van der Waals surface area contributed by atoms with Gasteiger partial charge in [0.2, 0.25) is 0 Å². The van der Waals surface area contributed by atoms with Crippen LogP contribution in [0, 0.1) is 6.92 Å². The first kappa shape index (κ1) is 26.5. The van der Waals surface area contributed by atoms with E-state index in [1.165, 1.54) is 30.4 Å². The number of likely N-dealkylation sites (N-methyl/N-ethyl adjacent to an activating group) is 1. The molecule has 3 aromatic rings. The Labute approximate surface area is 215 Å². The van der Waals surface area contributed by atoms with Crippen LogP contribution in [-0.2, 0) is 9.59 Å². The van der Waals surface area contributed by atoms with Crippen molar-refractivity contribution in [3.63, 3.8) is 0 Å². The normalized spacial score (nSPS) is 24.5. The average molecular weight is 509 g/mol. The number of nitrogens with zero attached hydrogens (tertiary/aromatic N) is 2. The van der Waals surface area contributed by atoms with Crippen molar-refractivity contribution in [3.8, 4) is 11.3 Å². The number of benzene rings is 2. The number of aryl methyl sites for hydroxylation is 1. The van der Waals surface area contributed by atoms with Crippen molar-refractivity contribution in [2.24, 2.45) is 0 Å². The molecule has 0 saturated carbocycles. The summed E-state index contributed by atoms with van der Waals surface area (Å²) < 4.78 is 6.35. The van der Waals surface area contributed by atoms with Crippen LogP contribution in [0.3, 0.4) is 0 Å². The molecule has 2 bridgehead atoms. The zero-order valence-corrected chi connectivity index (χ0v) is 20.8. The number of hydrogen-bond acceptors (Lipinski definition) is 7. The van der Waals surface area contributed by atoms with E-state index in [-0.39, 0.29) is 0 Å². The molecule has 0 radical (unpaired) electrons. The first-order valence-electron chi connectivity index (χ1n) is 12.3. The van der Waals surface area contributed by atoms with Crippen LogP contribution in [-0.4, -0.2) is 73.6 Å². The quantitative estimate of drug-likeness (QED) is 0.394. The summed E-state index contributed by atoms with van der Waals surface area (Å²) in [5, 5.41) is 32.5. The van der Waals surface area contributed by atoms with E-state index in [0.29, 0.717) is 23.9 Å². The van der Waals surface area contributed by atoms with Crippen LogP contribution < -0.4 is 0 Å². The van der Waals surface area contributed by atoms with E-state index >= 15 is 0 Å². The molecule has 9 heteroatoms. The van der Waals surface area contributed by atoms with Gasteiger partial charge in [-0.3, -0.25) is 4.90 Å². The van der Waals surface area contributed by atoms with E-state index in [2.05, 4.69) is 55.3 Å². The summed E-state index contributed by atoms with van der Waals surface area (Å²) in [4.78, 5) is 26.9. The van der Waals surface area contributed by atoms with Gasteiger partial charge in [-0.25, -0.2) is 14.6 Å². The Morgan fingerprint density at radius 1 is 0.973 bits per heavy atom. The molecule has 1 aromatic heterocycles. The Hall–Kier alpha value is -3.53. The minimum Gasteiger partial charge on any atom is -0.479 e. The molecule has 2 fully saturated rings. The van der Waals surface area contributed by atoms with Gasteiger partial charge in [0.1, 0.15) is 0 Å². The fraction of sp³-hybridized carbons (Fsp3) is 0.393. The molecule has 2 saturated heterocycles. The minimum absolute atomic E-state index is 0.314. The smallest absolute Gasteiger partial charge is 0.335 e. The second-order valence-electron chi connectivity index (χ2n) is 9.74. The number of carboxylic acids is 2.